The van der Waals surface area contributed by atoms with E-state index in [1.54, 1.807) is 0 Å². The van der Waals surface area contributed by atoms with Gasteiger partial charge in [0.15, 0.2) is 17.5 Å². The van der Waals surface area contributed by atoms with Gasteiger partial charge in [0.05, 0.1) is 5.56 Å². The topological polar surface area (TPSA) is 51.8 Å². The first-order valence-electron chi connectivity index (χ1n) is 21.3. The molecule has 2 heterocycles. The molecular weight excluding hydrogens is 767 g/mol. The molecule has 0 bridgehead atoms. The molecule has 4 heteroatoms. The molecule has 4 nitrogen and oxygen atoms in total. The summed E-state index contributed by atoms with van der Waals surface area (Å²) in [4.78, 5) is 16.4. The molecule has 0 unspecified atom stereocenters. The van der Waals surface area contributed by atoms with Crippen molar-refractivity contribution in [1.29, 1.82) is 0 Å². The third-order valence-electron chi connectivity index (χ3n) is 12.7. The summed E-state index contributed by atoms with van der Waals surface area (Å²) < 4.78 is 6.63. The normalized spacial score (nSPS) is 11.8. The summed E-state index contributed by atoms with van der Waals surface area (Å²) >= 11 is 0. The quantitative estimate of drug-likeness (QED) is 0.163. The number of aromatic nitrogens is 3. The van der Waals surface area contributed by atoms with E-state index in [0.717, 1.165) is 76.9 Å². The molecule has 0 saturated carbocycles. The molecule has 292 valence electrons. The average molecular weight is 802 g/mol. The highest BCUT2D eigenvalue weighted by Gasteiger charge is 2.23. The van der Waals surface area contributed by atoms with E-state index in [1.165, 1.54) is 37.9 Å². The SMILES string of the molecule is c1ccc2cc(-c3ccc4ccccc4c3-c3nc(-c4ccc(-c5cc6ccccc6c6ccccc56)c5ccccc45)nc(-c4cccc5c4oc4ccccc45)n3)ccc2c1. The summed E-state index contributed by atoms with van der Waals surface area (Å²) in [6, 6.07) is 75.3. The zero-order chi connectivity index (χ0) is 41.4. The van der Waals surface area contributed by atoms with Gasteiger partial charge in [0.1, 0.15) is 11.2 Å². The van der Waals surface area contributed by atoms with Crippen LogP contribution in [0.5, 0.6) is 0 Å². The molecule has 13 aromatic rings. The minimum absolute atomic E-state index is 0.547. The van der Waals surface area contributed by atoms with Crippen molar-refractivity contribution in [3.8, 4) is 56.4 Å². The van der Waals surface area contributed by atoms with Crippen molar-refractivity contribution >= 4 is 75.8 Å². The maximum absolute atomic E-state index is 6.63. The predicted molar refractivity (Wildman–Crippen MR) is 262 cm³/mol. The molecule has 0 aliphatic rings. The molecule has 13 rings (SSSR count). The molecule has 63 heavy (non-hydrogen) atoms. The summed E-state index contributed by atoms with van der Waals surface area (Å²) in [5.74, 6) is 1.73. The van der Waals surface area contributed by atoms with E-state index in [4.69, 9.17) is 19.4 Å². The highest BCUT2D eigenvalue weighted by atomic mass is 16.3. The molecule has 2 aromatic heterocycles. The molecule has 0 aliphatic carbocycles. The molecule has 0 atom stereocenters. The van der Waals surface area contributed by atoms with Crippen LogP contribution in [0.3, 0.4) is 0 Å². The van der Waals surface area contributed by atoms with Gasteiger partial charge in [0.25, 0.3) is 0 Å². The van der Waals surface area contributed by atoms with Crippen LogP contribution in [-0.4, -0.2) is 15.0 Å². The Morgan fingerprint density at radius 1 is 0.270 bits per heavy atom. The number of furan rings is 1. The number of benzene rings is 11. The molecule has 0 amide bonds. The second-order valence-electron chi connectivity index (χ2n) is 16.3. The first-order valence-corrected chi connectivity index (χ1v) is 21.3. The van der Waals surface area contributed by atoms with Gasteiger partial charge in [0, 0.05) is 21.9 Å². The number of para-hydroxylation sites is 2. The smallest absolute Gasteiger partial charge is 0.167 e. The van der Waals surface area contributed by atoms with E-state index in [2.05, 4.69) is 194 Å². The van der Waals surface area contributed by atoms with Crippen molar-refractivity contribution in [2.75, 3.05) is 0 Å². The van der Waals surface area contributed by atoms with Crippen LogP contribution < -0.4 is 0 Å². The van der Waals surface area contributed by atoms with Gasteiger partial charge >= 0.3 is 0 Å². The third kappa shape index (κ3) is 5.66. The van der Waals surface area contributed by atoms with E-state index in [1.807, 2.05) is 18.2 Å². The van der Waals surface area contributed by atoms with Crippen LogP contribution in [-0.2, 0) is 0 Å². The van der Waals surface area contributed by atoms with E-state index < -0.39 is 0 Å². The van der Waals surface area contributed by atoms with Crippen LogP contribution in [0, 0.1) is 0 Å². The minimum Gasteiger partial charge on any atom is -0.455 e. The van der Waals surface area contributed by atoms with Crippen molar-refractivity contribution in [1.82, 2.24) is 15.0 Å². The van der Waals surface area contributed by atoms with Crippen LogP contribution in [0.2, 0.25) is 0 Å². The average Bonchev–Trinajstić information content (AvgIpc) is 3.74. The summed E-state index contributed by atoms with van der Waals surface area (Å²) in [7, 11) is 0. The summed E-state index contributed by atoms with van der Waals surface area (Å²) in [6.45, 7) is 0. The molecule has 11 aromatic carbocycles. The Bertz CT molecular complexity index is 4000. The van der Waals surface area contributed by atoms with Gasteiger partial charge in [-0.3, -0.25) is 0 Å². The van der Waals surface area contributed by atoms with Gasteiger partial charge in [-0.05, 0) is 106 Å². The third-order valence-corrected chi connectivity index (χ3v) is 12.7. The van der Waals surface area contributed by atoms with Crippen molar-refractivity contribution in [3.05, 3.63) is 212 Å². The lowest BCUT2D eigenvalue weighted by Gasteiger charge is -2.17. The van der Waals surface area contributed by atoms with Gasteiger partial charge in [-0.25, -0.2) is 15.0 Å². The van der Waals surface area contributed by atoms with Gasteiger partial charge in [-0.2, -0.15) is 0 Å². The highest BCUT2D eigenvalue weighted by molar-refractivity contribution is 6.17. The second-order valence-corrected chi connectivity index (χ2v) is 16.3. The molecular formula is C59H35N3O. The van der Waals surface area contributed by atoms with Gasteiger partial charge < -0.3 is 4.42 Å². The van der Waals surface area contributed by atoms with Gasteiger partial charge in [0.2, 0.25) is 0 Å². The van der Waals surface area contributed by atoms with Gasteiger partial charge in [-0.1, -0.05) is 182 Å². The Morgan fingerprint density at radius 3 is 1.62 bits per heavy atom. The highest BCUT2D eigenvalue weighted by Crippen LogP contribution is 2.43. The van der Waals surface area contributed by atoms with Crippen LogP contribution >= 0.6 is 0 Å². The molecule has 0 spiro atoms. The molecule has 0 aliphatic heterocycles. The zero-order valence-electron chi connectivity index (χ0n) is 34.0. The van der Waals surface area contributed by atoms with Crippen LogP contribution in [0.1, 0.15) is 0 Å². The van der Waals surface area contributed by atoms with Crippen molar-refractivity contribution in [2.24, 2.45) is 0 Å². The van der Waals surface area contributed by atoms with E-state index >= 15 is 0 Å². The maximum Gasteiger partial charge on any atom is 0.167 e. The fraction of sp³-hybridized carbons (Fsp3) is 0. The Kier molecular flexibility index (Phi) is 7.87. The number of nitrogens with zero attached hydrogens (tertiary/aromatic N) is 3. The number of rotatable bonds is 5. The number of hydrogen-bond acceptors (Lipinski definition) is 4. The first-order chi connectivity index (χ1) is 31.2. The van der Waals surface area contributed by atoms with Gasteiger partial charge in [-0.15, -0.1) is 0 Å². The maximum atomic E-state index is 6.63. The lowest BCUT2D eigenvalue weighted by Crippen LogP contribution is -2.02. The number of hydrogen-bond donors (Lipinski definition) is 0. The molecule has 0 radical (unpaired) electrons. The number of fused-ring (bicyclic) bond motifs is 9. The van der Waals surface area contributed by atoms with Crippen LogP contribution in [0.4, 0.5) is 0 Å². The Balaban J connectivity index is 1.10. The van der Waals surface area contributed by atoms with Crippen molar-refractivity contribution < 1.29 is 4.42 Å². The monoisotopic (exact) mass is 801 g/mol. The lowest BCUT2D eigenvalue weighted by atomic mass is 9.89. The summed E-state index contributed by atoms with van der Waals surface area (Å²) in [6.07, 6.45) is 0. The van der Waals surface area contributed by atoms with E-state index in [-0.39, 0.29) is 0 Å². The van der Waals surface area contributed by atoms with Crippen molar-refractivity contribution in [2.45, 2.75) is 0 Å². The Hall–Kier alpha value is -8.47. The lowest BCUT2D eigenvalue weighted by molar-refractivity contribution is 0.669. The van der Waals surface area contributed by atoms with Crippen LogP contribution in [0.25, 0.3) is 132 Å². The predicted octanol–water partition coefficient (Wildman–Crippen LogP) is 15.9. The summed E-state index contributed by atoms with van der Waals surface area (Å²) in [5.41, 5.74) is 8.75. The van der Waals surface area contributed by atoms with Crippen molar-refractivity contribution in [3.63, 3.8) is 0 Å². The minimum atomic E-state index is 0.547. The fourth-order valence-corrected chi connectivity index (χ4v) is 9.77. The largest absolute Gasteiger partial charge is 0.455 e. The fourth-order valence-electron chi connectivity index (χ4n) is 9.77. The molecule has 0 saturated heterocycles. The zero-order valence-corrected chi connectivity index (χ0v) is 34.0. The summed E-state index contributed by atoms with van der Waals surface area (Å²) in [5, 5.41) is 13.7. The molecule has 0 N–H and O–H groups in total. The Morgan fingerprint density at radius 2 is 0.810 bits per heavy atom. The molecule has 0 fully saturated rings. The Labute approximate surface area is 362 Å². The van der Waals surface area contributed by atoms with E-state index in [9.17, 15) is 0 Å². The second kappa shape index (κ2) is 14.1. The van der Waals surface area contributed by atoms with Crippen LogP contribution in [0.15, 0.2) is 217 Å². The van der Waals surface area contributed by atoms with E-state index in [0.29, 0.717) is 17.5 Å². The first kappa shape index (κ1) is 35.3. The standard InChI is InChI=1S/C59H35N3O/c1-2-16-38-34-40(29-28-36(38)14-1)43-31-30-37-15-3-6-19-42(37)55(43)59-61-57(60-58(62-59)52-26-13-25-50-49-24-11-12-27-54(49)63-56(50)52)51-33-32-48(45-21-8-9-22-46(45)51)53-35-39-17-4-5-18-41(39)44-20-7-10-23-47(44)53/h1-35H.